The van der Waals surface area contributed by atoms with Crippen LogP contribution in [-0.4, -0.2) is 57.5 Å². The van der Waals surface area contributed by atoms with Gasteiger partial charge < -0.3 is 20.2 Å². The molecule has 0 saturated carbocycles. The molecule has 14 heavy (non-hydrogen) atoms. The molecule has 1 amide bonds. The molecule has 5 nitrogen and oxygen atoms in total. The van der Waals surface area contributed by atoms with Crippen LogP contribution in [0.3, 0.4) is 0 Å². The van der Waals surface area contributed by atoms with Crippen molar-refractivity contribution in [3.8, 4) is 0 Å². The van der Waals surface area contributed by atoms with E-state index >= 15 is 0 Å². The van der Waals surface area contributed by atoms with Crippen molar-refractivity contribution in [1.82, 2.24) is 4.90 Å². The van der Waals surface area contributed by atoms with E-state index in [0.29, 0.717) is 6.42 Å². The summed E-state index contributed by atoms with van der Waals surface area (Å²) in [4.78, 5) is 12.9. The zero-order chi connectivity index (χ0) is 10.7. The Kier molecular flexibility index (Phi) is 3.86. The van der Waals surface area contributed by atoms with Crippen LogP contribution in [0.5, 0.6) is 0 Å². The van der Waals surface area contributed by atoms with Gasteiger partial charge in [-0.3, -0.25) is 4.79 Å². The Bertz CT molecular complexity index is 197. The summed E-state index contributed by atoms with van der Waals surface area (Å²) < 4.78 is 0. The number of carbonyl (C=O) groups excluding carboxylic acids is 1. The molecule has 0 aromatic rings. The molecular formula is C9H17NO4. The number of aliphatic hydroxyl groups is 3. The Balaban J connectivity index is 2.32. The summed E-state index contributed by atoms with van der Waals surface area (Å²) in [6.07, 6.45) is -1.47. The first kappa shape index (κ1) is 11.4. The van der Waals surface area contributed by atoms with Crippen LogP contribution in [0.2, 0.25) is 0 Å². The van der Waals surface area contributed by atoms with Gasteiger partial charge in [0.2, 0.25) is 5.91 Å². The van der Waals surface area contributed by atoms with Crippen LogP contribution in [0.15, 0.2) is 0 Å². The molecule has 3 atom stereocenters. The van der Waals surface area contributed by atoms with Crippen LogP contribution in [-0.2, 0) is 4.79 Å². The zero-order valence-corrected chi connectivity index (χ0v) is 8.26. The molecule has 0 spiro atoms. The highest BCUT2D eigenvalue weighted by Crippen LogP contribution is 2.12. The Hall–Kier alpha value is -0.650. The van der Waals surface area contributed by atoms with Crippen LogP contribution < -0.4 is 0 Å². The van der Waals surface area contributed by atoms with Crippen molar-refractivity contribution in [3.63, 3.8) is 0 Å². The number of likely N-dealkylation sites (tertiary alicyclic amines) is 1. The van der Waals surface area contributed by atoms with Crippen molar-refractivity contribution in [2.75, 3.05) is 13.1 Å². The molecule has 1 aliphatic heterocycles. The van der Waals surface area contributed by atoms with Crippen LogP contribution in [0, 0.1) is 0 Å². The first-order valence-electron chi connectivity index (χ1n) is 4.82. The molecule has 0 aromatic carbocycles. The molecule has 0 bridgehead atoms. The maximum Gasteiger partial charge on any atom is 0.222 e. The molecule has 82 valence electrons. The normalized spacial score (nSPS) is 29.3. The third-order valence-corrected chi connectivity index (χ3v) is 2.39. The quantitative estimate of drug-likeness (QED) is 0.533. The lowest BCUT2D eigenvalue weighted by Crippen LogP contribution is -2.30. The summed E-state index contributed by atoms with van der Waals surface area (Å²) in [5.74, 6) is -0.124. The van der Waals surface area contributed by atoms with E-state index in [2.05, 4.69) is 0 Å². The average molecular weight is 203 g/mol. The Morgan fingerprint density at radius 2 is 1.93 bits per heavy atom. The van der Waals surface area contributed by atoms with Gasteiger partial charge in [-0.05, 0) is 13.3 Å². The Labute approximate surface area is 83.0 Å². The highest BCUT2D eigenvalue weighted by atomic mass is 16.3. The second kappa shape index (κ2) is 4.72. The molecule has 3 N–H and O–H groups in total. The van der Waals surface area contributed by atoms with E-state index in [1.165, 1.54) is 4.90 Å². The highest BCUT2D eigenvalue weighted by molar-refractivity contribution is 5.76. The van der Waals surface area contributed by atoms with Crippen LogP contribution in [0.25, 0.3) is 0 Å². The van der Waals surface area contributed by atoms with Crippen molar-refractivity contribution in [2.24, 2.45) is 0 Å². The minimum Gasteiger partial charge on any atom is -0.393 e. The fourth-order valence-electron chi connectivity index (χ4n) is 1.46. The van der Waals surface area contributed by atoms with Crippen molar-refractivity contribution in [1.29, 1.82) is 0 Å². The smallest absolute Gasteiger partial charge is 0.222 e. The third-order valence-electron chi connectivity index (χ3n) is 2.39. The fourth-order valence-corrected chi connectivity index (χ4v) is 1.46. The lowest BCUT2D eigenvalue weighted by Gasteiger charge is -2.15. The topological polar surface area (TPSA) is 81.0 Å². The SMILES string of the molecule is CC(O)CCC(=O)N1CC(O)C(O)C1. The molecule has 0 aliphatic carbocycles. The number of nitrogens with zero attached hydrogens (tertiary/aromatic N) is 1. The van der Waals surface area contributed by atoms with Crippen LogP contribution >= 0.6 is 0 Å². The largest absolute Gasteiger partial charge is 0.393 e. The molecule has 0 radical (unpaired) electrons. The third kappa shape index (κ3) is 2.94. The molecule has 5 heteroatoms. The molecule has 1 saturated heterocycles. The predicted octanol–water partition coefficient (Wildman–Crippen LogP) is -1.29. The molecule has 1 fully saturated rings. The lowest BCUT2D eigenvalue weighted by atomic mass is 10.2. The summed E-state index contributed by atoms with van der Waals surface area (Å²) in [5, 5.41) is 27.4. The second-order valence-electron chi connectivity index (χ2n) is 3.82. The molecule has 1 heterocycles. The van der Waals surface area contributed by atoms with Gasteiger partial charge >= 0.3 is 0 Å². The van der Waals surface area contributed by atoms with Gasteiger partial charge in [0, 0.05) is 19.5 Å². The second-order valence-corrected chi connectivity index (χ2v) is 3.82. The van der Waals surface area contributed by atoms with Gasteiger partial charge in [0.25, 0.3) is 0 Å². The monoisotopic (exact) mass is 203 g/mol. The minimum absolute atomic E-state index is 0.124. The van der Waals surface area contributed by atoms with Crippen LogP contribution in [0.4, 0.5) is 0 Å². The number of β-amino-alcohol motifs (C(OH)–C–C–N with tert-alkyl or cyclic N) is 2. The van der Waals surface area contributed by atoms with Gasteiger partial charge in [-0.25, -0.2) is 0 Å². The standard InChI is InChI=1S/C9H17NO4/c1-6(11)2-3-9(14)10-4-7(12)8(13)5-10/h6-8,11-13H,2-5H2,1H3. The van der Waals surface area contributed by atoms with Gasteiger partial charge in [0.1, 0.15) is 0 Å². The van der Waals surface area contributed by atoms with E-state index in [1.807, 2.05) is 0 Å². The number of hydrogen-bond acceptors (Lipinski definition) is 4. The van der Waals surface area contributed by atoms with Gasteiger partial charge in [0.05, 0.1) is 18.3 Å². The Morgan fingerprint density at radius 1 is 1.43 bits per heavy atom. The summed E-state index contributed by atoms with van der Waals surface area (Å²) in [5.41, 5.74) is 0. The Morgan fingerprint density at radius 3 is 2.36 bits per heavy atom. The predicted molar refractivity (Wildman–Crippen MR) is 49.5 cm³/mol. The number of amides is 1. The van der Waals surface area contributed by atoms with Gasteiger partial charge in [-0.1, -0.05) is 0 Å². The van der Waals surface area contributed by atoms with Crippen molar-refractivity contribution >= 4 is 5.91 Å². The first-order chi connectivity index (χ1) is 6.50. The molecule has 0 aromatic heterocycles. The summed E-state index contributed by atoms with van der Waals surface area (Å²) >= 11 is 0. The van der Waals surface area contributed by atoms with Crippen molar-refractivity contribution in [2.45, 2.75) is 38.1 Å². The maximum atomic E-state index is 11.4. The maximum absolute atomic E-state index is 11.4. The van der Waals surface area contributed by atoms with E-state index in [4.69, 9.17) is 5.11 Å². The molecule has 1 rings (SSSR count). The van der Waals surface area contributed by atoms with Gasteiger partial charge in [0.15, 0.2) is 0 Å². The average Bonchev–Trinajstić information content (AvgIpc) is 2.43. The molecule has 1 aliphatic rings. The fraction of sp³-hybridized carbons (Fsp3) is 0.889. The summed E-state index contributed by atoms with van der Waals surface area (Å²) in [7, 11) is 0. The van der Waals surface area contributed by atoms with Crippen molar-refractivity contribution < 1.29 is 20.1 Å². The van der Waals surface area contributed by atoms with E-state index < -0.39 is 18.3 Å². The van der Waals surface area contributed by atoms with E-state index in [1.54, 1.807) is 6.92 Å². The summed E-state index contributed by atoms with van der Waals surface area (Å²) in [6, 6.07) is 0. The van der Waals surface area contributed by atoms with Gasteiger partial charge in [-0.15, -0.1) is 0 Å². The zero-order valence-electron chi connectivity index (χ0n) is 8.26. The summed E-state index contributed by atoms with van der Waals surface area (Å²) in [6.45, 7) is 2.01. The number of hydrogen-bond donors (Lipinski definition) is 3. The lowest BCUT2D eigenvalue weighted by molar-refractivity contribution is -0.131. The number of aliphatic hydroxyl groups excluding tert-OH is 3. The molecule has 3 unspecified atom stereocenters. The molecular weight excluding hydrogens is 186 g/mol. The minimum atomic E-state index is -0.828. The van der Waals surface area contributed by atoms with Gasteiger partial charge in [-0.2, -0.15) is 0 Å². The van der Waals surface area contributed by atoms with E-state index in [-0.39, 0.29) is 25.4 Å². The number of rotatable bonds is 3. The first-order valence-corrected chi connectivity index (χ1v) is 4.82. The van der Waals surface area contributed by atoms with E-state index in [0.717, 1.165) is 0 Å². The van der Waals surface area contributed by atoms with Crippen molar-refractivity contribution in [3.05, 3.63) is 0 Å². The van der Waals surface area contributed by atoms with E-state index in [9.17, 15) is 15.0 Å². The number of carbonyl (C=O) groups is 1. The highest BCUT2D eigenvalue weighted by Gasteiger charge is 2.32. The van der Waals surface area contributed by atoms with Crippen LogP contribution in [0.1, 0.15) is 19.8 Å².